The fraction of sp³-hybridized carbons (Fsp3) is 0.143. The Kier molecular flexibility index (Phi) is 4.53. The number of fused-ring (bicyclic) bond motifs is 1. The number of anilines is 3. The van der Waals surface area contributed by atoms with Gasteiger partial charge in [-0.05, 0) is 35.2 Å². The molecule has 0 bridgehead atoms. The summed E-state index contributed by atoms with van der Waals surface area (Å²) in [7, 11) is 0. The molecular weight excluding hydrogens is 398 g/mol. The van der Waals surface area contributed by atoms with Gasteiger partial charge in [0.2, 0.25) is 0 Å². The molecule has 4 heterocycles. The summed E-state index contributed by atoms with van der Waals surface area (Å²) in [6, 6.07) is 11.5. The summed E-state index contributed by atoms with van der Waals surface area (Å²) in [6.07, 6.45) is 5.14. The number of nitrogens with one attached hydrogen (secondary N) is 1. The van der Waals surface area contributed by atoms with Gasteiger partial charge in [0.15, 0.2) is 5.13 Å². The van der Waals surface area contributed by atoms with Crippen LogP contribution in [-0.2, 0) is 0 Å². The number of benzene rings is 1. The maximum Gasteiger partial charge on any atom is 0.257 e. The zero-order valence-corrected chi connectivity index (χ0v) is 16.8. The minimum absolute atomic E-state index is 0.164. The Morgan fingerprint density at radius 2 is 1.93 bits per heavy atom. The normalized spacial score (nSPS) is 14.0. The maximum absolute atomic E-state index is 12.7. The number of hydrogen-bond donors (Lipinski definition) is 3. The van der Waals surface area contributed by atoms with Gasteiger partial charge in [-0.25, -0.2) is 15.0 Å². The molecule has 30 heavy (non-hydrogen) atoms. The minimum atomic E-state index is -0.235. The molecule has 0 aliphatic carbocycles. The molecule has 1 aliphatic rings. The first-order chi connectivity index (χ1) is 14.5. The molecule has 0 atom stereocenters. The highest BCUT2D eigenvalue weighted by Gasteiger charge is 2.24. The molecule has 0 saturated carbocycles. The highest BCUT2D eigenvalue weighted by molar-refractivity contribution is 7.18. The molecule has 1 fully saturated rings. The van der Waals surface area contributed by atoms with Crippen LogP contribution >= 0.6 is 11.3 Å². The number of nitrogen functional groups attached to an aromatic ring is 1. The molecule has 1 amide bonds. The zero-order chi connectivity index (χ0) is 20.7. The van der Waals surface area contributed by atoms with Crippen molar-refractivity contribution in [1.82, 2.24) is 15.0 Å². The van der Waals surface area contributed by atoms with E-state index in [1.165, 1.54) is 11.3 Å². The highest BCUT2D eigenvalue weighted by Crippen LogP contribution is 2.30. The van der Waals surface area contributed by atoms with Gasteiger partial charge >= 0.3 is 0 Å². The lowest BCUT2D eigenvalue weighted by molar-refractivity contribution is 0.102. The molecule has 8 nitrogen and oxygen atoms in total. The van der Waals surface area contributed by atoms with Crippen molar-refractivity contribution < 1.29 is 4.79 Å². The number of nitrogens with zero attached hydrogens (tertiary/aromatic N) is 4. The van der Waals surface area contributed by atoms with Gasteiger partial charge in [0, 0.05) is 48.7 Å². The third-order valence-electron chi connectivity index (χ3n) is 5.01. The minimum Gasteiger partial charge on any atom is -0.375 e. The molecule has 4 aromatic rings. The second kappa shape index (κ2) is 7.36. The van der Waals surface area contributed by atoms with Gasteiger partial charge in [0.25, 0.3) is 5.91 Å². The number of rotatable bonds is 4. The summed E-state index contributed by atoms with van der Waals surface area (Å²) in [6.45, 7) is 1.50. The van der Waals surface area contributed by atoms with E-state index in [0.29, 0.717) is 16.5 Å². The first kappa shape index (κ1) is 18.5. The third-order valence-corrected chi connectivity index (χ3v) is 5.89. The molecule has 3 aromatic heterocycles. The third kappa shape index (κ3) is 3.56. The maximum atomic E-state index is 12.7. The fourth-order valence-electron chi connectivity index (χ4n) is 3.40. The second-order valence-electron chi connectivity index (χ2n) is 7.22. The lowest BCUT2D eigenvalue weighted by Crippen LogP contribution is -2.56. The standard InChI is InChI=1S/C21H19N7OS/c22-16-10-28(11-16)19-7-13(3-4-24-19)20(29)27-18-6-15-5-12(1-2-14(15)8-25-18)17-9-26-21(23)30-17/h1-9,16H,10-11,22H2,(H2,23,26)(H,25,27,29). The fourth-order valence-corrected chi connectivity index (χ4v) is 4.09. The second-order valence-corrected chi connectivity index (χ2v) is 8.28. The zero-order valence-electron chi connectivity index (χ0n) is 15.9. The van der Waals surface area contributed by atoms with Crippen LogP contribution in [0.15, 0.2) is 55.0 Å². The lowest BCUT2D eigenvalue weighted by Gasteiger charge is -2.37. The van der Waals surface area contributed by atoms with Crippen LogP contribution in [0, 0.1) is 0 Å². The van der Waals surface area contributed by atoms with E-state index in [1.807, 2.05) is 29.2 Å². The number of pyridine rings is 2. The summed E-state index contributed by atoms with van der Waals surface area (Å²) >= 11 is 1.44. The SMILES string of the molecule is Nc1ncc(-c2ccc3cnc(NC(=O)c4ccnc(N5CC(N)C5)c4)cc3c2)s1. The predicted octanol–water partition coefficient (Wildman–Crippen LogP) is 2.74. The lowest BCUT2D eigenvalue weighted by atomic mass is 10.1. The van der Waals surface area contributed by atoms with E-state index in [0.717, 1.165) is 40.1 Å². The van der Waals surface area contributed by atoms with Gasteiger partial charge in [0.1, 0.15) is 11.6 Å². The first-order valence-corrected chi connectivity index (χ1v) is 10.3. The van der Waals surface area contributed by atoms with Gasteiger partial charge in [-0.15, -0.1) is 0 Å². The number of amides is 1. The topological polar surface area (TPSA) is 123 Å². The molecule has 5 N–H and O–H groups in total. The van der Waals surface area contributed by atoms with Gasteiger partial charge in [-0.1, -0.05) is 23.5 Å². The van der Waals surface area contributed by atoms with E-state index in [4.69, 9.17) is 11.5 Å². The van der Waals surface area contributed by atoms with E-state index < -0.39 is 0 Å². The Balaban J connectivity index is 1.38. The molecule has 0 radical (unpaired) electrons. The molecule has 1 aliphatic heterocycles. The van der Waals surface area contributed by atoms with Gasteiger partial charge < -0.3 is 21.7 Å². The number of hydrogen-bond acceptors (Lipinski definition) is 8. The van der Waals surface area contributed by atoms with Crippen LogP contribution in [0.1, 0.15) is 10.4 Å². The average molecular weight is 417 g/mol. The van der Waals surface area contributed by atoms with Crippen LogP contribution in [0.5, 0.6) is 0 Å². The first-order valence-electron chi connectivity index (χ1n) is 9.44. The average Bonchev–Trinajstić information content (AvgIpc) is 3.17. The molecule has 9 heteroatoms. The van der Waals surface area contributed by atoms with Crippen molar-refractivity contribution in [2.24, 2.45) is 5.73 Å². The van der Waals surface area contributed by atoms with E-state index in [-0.39, 0.29) is 11.9 Å². The Morgan fingerprint density at radius 3 is 2.70 bits per heavy atom. The van der Waals surface area contributed by atoms with Gasteiger partial charge in [-0.3, -0.25) is 4.79 Å². The van der Waals surface area contributed by atoms with Crippen LogP contribution in [0.25, 0.3) is 21.2 Å². The summed E-state index contributed by atoms with van der Waals surface area (Å²) in [5, 5.41) is 5.35. The van der Waals surface area contributed by atoms with Crippen LogP contribution in [0.3, 0.4) is 0 Å². The van der Waals surface area contributed by atoms with Gasteiger partial charge in [0.05, 0.1) is 4.88 Å². The molecular formula is C21H19N7OS. The largest absolute Gasteiger partial charge is 0.375 e. The van der Waals surface area contributed by atoms with E-state index >= 15 is 0 Å². The predicted molar refractivity (Wildman–Crippen MR) is 120 cm³/mol. The van der Waals surface area contributed by atoms with Crippen molar-refractivity contribution in [1.29, 1.82) is 0 Å². The number of thiazole rings is 1. The summed E-state index contributed by atoms with van der Waals surface area (Å²) in [5.41, 5.74) is 13.1. The summed E-state index contributed by atoms with van der Waals surface area (Å²) in [4.78, 5) is 28.6. The highest BCUT2D eigenvalue weighted by atomic mass is 32.1. The Bertz CT molecular complexity index is 1250. The number of nitrogens with two attached hydrogens (primary N) is 2. The Hall–Kier alpha value is -3.56. The van der Waals surface area contributed by atoms with Crippen LogP contribution in [-0.4, -0.2) is 40.0 Å². The van der Waals surface area contributed by atoms with Crippen molar-refractivity contribution in [2.75, 3.05) is 29.0 Å². The van der Waals surface area contributed by atoms with Crippen LogP contribution in [0.2, 0.25) is 0 Å². The number of carbonyl (C=O) groups excluding carboxylic acids is 1. The molecule has 0 spiro atoms. The van der Waals surface area contributed by atoms with Crippen LogP contribution in [0.4, 0.5) is 16.8 Å². The van der Waals surface area contributed by atoms with Crippen molar-refractivity contribution >= 4 is 44.8 Å². The van der Waals surface area contributed by atoms with Crippen molar-refractivity contribution in [3.63, 3.8) is 0 Å². The van der Waals surface area contributed by atoms with E-state index in [9.17, 15) is 4.79 Å². The molecule has 1 saturated heterocycles. The Morgan fingerprint density at radius 1 is 1.07 bits per heavy atom. The molecule has 1 aromatic carbocycles. The summed E-state index contributed by atoms with van der Waals surface area (Å²) in [5.74, 6) is 1.00. The number of aromatic nitrogens is 3. The molecule has 5 rings (SSSR count). The van der Waals surface area contributed by atoms with Crippen molar-refractivity contribution in [3.8, 4) is 10.4 Å². The van der Waals surface area contributed by atoms with Crippen molar-refractivity contribution in [3.05, 3.63) is 60.6 Å². The van der Waals surface area contributed by atoms with Gasteiger partial charge in [-0.2, -0.15) is 0 Å². The quantitative estimate of drug-likeness (QED) is 0.466. The molecule has 150 valence electrons. The smallest absolute Gasteiger partial charge is 0.257 e. The van der Waals surface area contributed by atoms with E-state index in [2.05, 4.69) is 20.3 Å². The van der Waals surface area contributed by atoms with E-state index in [1.54, 1.807) is 30.7 Å². The van der Waals surface area contributed by atoms with Crippen molar-refractivity contribution in [2.45, 2.75) is 6.04 Å². The summed E-state index contributed by atoms with van der Waals surface area (Å²) < 4.78 is 0. The Labute approximate surface area is 176 Å². The van der Waals surface area contributed by atoms with Crippen LogP contribution < -0.4 is 21.7 Å². The monoisotopic (exact) mass is 417 g/mol. The number of carbonyl (C=O) groups is 1. The molecule has 0 unspecified atom stereocenters.